The number of aryl methyl sites for hydroxylation is 1. The van der Waals surface area contributed by atoms with Crippen LogP contribution in [0.1, 0.15) is 28.8 Å². The SMILES string of the molecule is CNCC1CCN(C(=O)c2ccc(-c3ccc(C)cc3)cc2F)CC1.Cl. The molecule has 26 heavy (non-hydrogen) atoms. The predicted molar refractivity (Wildman–Crippen MR) is 106 cm³/mol. The summed E-state index contributed by atoms with van der Waals surface area (Å²) in [6, 6.07) is 12.9. The molecule has 0 atom stereocenters. The van der Waals surface area contributed by atoms with E-state index < -0.39 is 5.82 Å². The molecule has 0 bridgehead atoms. The summed E-state index contributed by atoms with van der Waals surface area (Å²) in [4.78, 5) is 14.4. The maximum Gasteiger partial charge on any atom is 0.256 e. The molecule has 1 aliphatic rings. The Morgan fingerprint density at radius 2 is 1.73 bits per heavy atom. The molecule has 3 nitrogen and oxygen atoms in total. The Labute approximate surface area is 161 Å². The molecule has 1 heterocycles. The molecule has 2 aromatic carbocycles. The lowest BCUT2D eigenvalue weighted by Gasteiger charge is -2.32. The van der Waals surface area contributed by atoms with Gasteiger partial charge in [0.15, 0.2) is 0 Å². The van der Waals surface area contributed by atoms with E-state index in [-0.39, 0.29) is 23.9 Å². The fourth-order valence-electron chi connectivity index (χ4n) is 3.41. The van der Waals surface area contributed by atoms with Crippen molar-refractivity contribution in [3.8, 4) is 11.1 Å². The molecule has 1 aliphatic heterocycles. The molecular weight excluding hydrogens is 351 g/mol. The second kappa shape index (κ2) is 9.15. The van der Waals surface area contributed by atoms with Crippen LogP contribution in [0.25, 0.3) is 11.1 Å². The van der Waals surface area contributed by atoms with Gasteiger partial charge in [-0.3, -0.25) is 4.79 Å². The monoisotopic (exact) mass is 376 g/mol. The van der Waals surface area contributed by atoms with Crippen molar-refractivity contribution in [2.24, 2.45) is 5.92 Å². The highest BCUT2D eigenvalue weighted by Crippen LogP contribution is 2.24. The molecule has 0 saturated carbocycles. The number of carbonyl (C=O) groups excluding carboxylic acids is 1. The summed E-state index contributed by atoms with van der Waals surface area (Å²) in [5.41, 5.74) is 3.08. The van der Waals surface area contributed by atoms with Gasteiger partial charge in [-0.25, -0.2) is 4.39 Å². The topological polar surface area (TPSA) is 32.3 Å². The Morgan fingerprint density at radius 3 is 2.31 bits per heavy atom. The summed E-state index contributed by atoms with van der Waals surface area (Å²) in [6.45, 7) is 4.39. The number of hydrogen-bond acceptors (Lipinski definition) is 2. The largest absolute Gasteiger partial charge is 0.339 e. The minimum atomic E-state index is -0.444. The average molecular weight is 377 g/mol. The smallest absolute Gasteiger partial charge is 0.256 e. The Bertz CT molecular complexity index is 740. The van der Waals surface area contributed by atoms with Gasteiger partial charge in [-0.1, -0.05) is 35.9 Å². The third kappa shape index (κ3) is 4.63. The van der Waals surface area contributed by atoms with Gasteiger partial charge in [0.2, 0.25) is 0 Å². The van der Waals surface area contributed by atoms with Gasteiger partial charge in [-0.05, 0) is 62.5 Å². The van der Waals surface area contributed by atoms with Crippen LogP contribution in [-0.4, -0.2) is 37.5 Å². The number of hydrogen-bond donors (Lipinski definition) is 1. The number of nitrogens with zero attached hydrogens (tertiary/aromatic N) is 1. The number of halogens is 2. The predicted octanol–water partition coefficient (Wildman–Crippen LogP) is 4.29. The molecule has 0 aromatic heterocycles. The molecular formula is C21H26ClFN2O. The van der Waals surface area contributed by atoms with E-state index in [9.17, 15) is 9.18 Å². The Kier molecular flexibility index (Phi) is 7.18. The minimum absolute atomic E-state index is 0. The van der Waals surface area contributed by atoms with Crippen molar-refractivity contribution in [2.45, 2.75) is 19.8 Å². The van der Waals surface area contributed by atoms with E-state index in [0.29, 0.717) is 19.0 Å². The highest BCUT2D eigenvalue weighted by Gasteiger charge is 2.25. The van der Waals surface area contributed by atoms with Gasteiger partial charge in [-0.15, -0.1) is 12.4 Å². The molecule has 3 rings (SSSR count). The third-order valence-electron chi connectivity index (χ3n) is 4.98. The van der Waals surface area contributed by atoms with E-state index in [0.717, 1.165) is 36.1 Å². The van der Waals surface area contributed by atoms with Crippen LogP contribution in [0, 0.1) is 18.7 Å². The van der Waals surface area contributed by atoms with Crippen LogP contribution in [0.2, 0.25) is 0 Å². The molecule has 1 saturated heterocycles. The number of piperidine rings is 1. The summed E-state index contributed by atoms with van der Waals surface area (Å²) in [5, 5.41) is 3.18. The summed E-state index contributed by atoms with van der Waals surface area (Å²) in [6.07, 6.45) is 1.94. The van der Waals surface area contributed by atoms with Gasteiger partial charge in [0.1, 0.15) is 5.82 Å². The fraction of sp³-hybridized carbons (Fsp3) is 0.381. The highest BCUT2D eigenvalue weighted by atomic mass is 35.5. The summed E-state index contributed by atoms with van der Waals surface area (Å²) in [5.74, 6) is -0.0425. The zero-order valence-corrected chi connectivity index (χ0v) is 16.1. The summed E-state index contributed by atoms with van der Waals surface area (Å²) >= 11 is 0. The lowest BCUT2D eigenvalue weighted by atomic mass is 9.96. The van der Waals surface area contributed by atoms with Gasteiger partial charge < -0.3 is 10.2 Å². The van der Waals surface area contributed by atoms with Gasteiger partial charge in [0.25, 0.3) is 5.91 Å². The summed E-state index contributed by atoms with van der Waals surface area (Å²) in [7, 11) is 1.95. The molecule has 0 spiro atoms. The number of nitrogens with one attached hydrogen (secondary N) is 1. The zero-order valence-electron chi connectivity index (χ0n) is 15.3. The first-order chi connectivity index (χ1) is 12.1. The second-order valence-corrected chi connectivity index (χ2v) is 6.85. The number of benzene rings is 2. The van der Waals surface area contributed by atoms with E-state index >= 15 is 0 Å². The maximum atomic E-state index is 14.6. The molecule has 0 unspecified atom stereocenters. The normalized spacial score (nSPS) is 14.8. The second-order valence-electron chi connectivity index (χ2n) is 6.85. The number of likely N-dealkylation sites (tertiary alicyclic amines) is 1. The zero-order chi connectivity index (χ0) is 17.8. The van der Waals surface area contributed by atoms with E-state index in [4.69, 9.17) is 0 Å². The molecule has 140 valence electrons. The standard InChI is InChI=1S/C21H25FN2O.ClH/c1-15-3-5-17(6-4-15)18-7-8-19(20(22)13-18)21(25)24-11-9-16(10-12-24)14-23-2;/h3-8,13,16,23H,9-12,14H2,1-2H3;1H. The lowest BCUT2D eigenvalue weighted by molar-refractivity contribution is 0.0686. The minimum Gasteiger partial charge on any atom is -0.339 e. The fourth-order valence-corrected chi connectivity index (χ4v) is 3.41. The first kappa shape index (κ1) is 20.4. The molecule has 1 fully saturated rings. The van der Waals surface area contributed by atoms with E-state index in [1.807, 2.05) is 44.3 Å². The van der Waals surface area contributed by atoms with E-state index in [1.165, 1.54) is 6.07 Å². The molecule has 0 radical (unpaired) electrons. The van der Waals surface area contributed by atoms with Crippen LogP contribution in [-0.2, 0) is 0 Å². The Morgan fingerprint density at radius 1 is 1.12 bits per heavy atom. The van der Waals surface area contributed by atoms with Gasteiger partial charge in [-0.2, -0.15) is 0 Å². The lowest BCUT2D eigenvalue weighted by Crippen LogP contribution is -2.40. The van der Waals surface area contributed by atoms with E-state index in [2.05, 4.69) is 5.32 Å². The van der Waals surface area contributed by atoms with Crippen molar-refractivity contribution < 1.29 is 9.18 Å². The Balaban J connectivity index is 0.00000243. The van der Waals surface area contributed by atoms with Crippen LogP contribution in [0.4, 0.5) is 4.39 Å². The van der Waals surface area contributed by atoms with Crippen LogP contribution < -0.4 is 5.32 Å². The van der Waals surface area contributed by atoms with Crippen LogP contribution in [0.15, 0.2) is 42.5 Å². The molecule has 1 amide bonds. The Hall–Kier alpha value is -1.91. The third-order valence-corrected chi connectivity index (χ3v) is 4.98. The molecule has 0 aliphatic carbocycles. The highest BCUT2D eigenvalue weighted by molar-refractivity contribution is 5.95. The molecule has 1 N–H and O–H groups in total. The van der Waals surface area contributed by atoms with Crippen molar-refractivity contribution in [1.82, 2.24) is 10.2 Å². The van der Waals surface area contributed by atoms with Gasteiger partial charge >= 0.3 is 0 Å². The van der Waals surface area contributed by atoms with Crippen LogP contribution in [0.3, 0.4) is 0 Å². The van der Waals surface area contributed by atoms with Crippen molar-refractivity contribution in [2.75, 3.05) is 26.7 Å². The van der Waals surface area contributed by atoms with E-state index in [1.54, 1.807) is 11.0 Å². The molecule has 5 heteroatoms. The van der Waals surface area contributed by atoms with Gasteiger partial charge in [0.05, 0.1) is 5.56 Å². The number of rotatable bonds is 4. The van der Waals surface area contributed by atoms with Crippen molar-refractivity contribution >= 4 is 18.3 Å². The summed E-state index contributed by atoms with van der Waals surface area (Å²) < 4.78 is 14.6. The first-order valence-corrected chi connectivity index (χ1v) is 8.89. The first-order valence-electron chi connectivity index (χ1n) is 8.89. The molecule has 2 aromatic rings. The van der Waals surface area contributed by atoms with Crippen molar-refractivity contribution in [3.05, 3.63) is 59.4 Å². The van der Waals surface area contributed by atoms with Crippen LogP contribution >= 0.6 is 12.4 Å². The quantitative estimate of drug-likeness (QED) is 0.863. The van der Waals surface area contributed by atoms with Crippen LogP contribution in [0.5, 0.6) is 0 Å². The van der Waals surface area contributed by atoms with Gasteiger partial charge in [0, 0.05) is 13.1 Å². The van der Waals surface area contributed by atoms with Crippen molar-refractivity contribution in [3.63, 3.8) is 0 Å². The maximum absolute atomic E-state index is 14.6. The average Bonchev–Trinajstić information content (AvgIpc) is 2.63. The van der Waals surface area contributed by atoms with Crippen molar-refractivity contribution in [1.29, 1.82) is 0 Å². The number of amides is 1. The number of carbonyl (C=O) groups is 1.